The van der Waals surface area contributed by atoms with Gasteiger partial charge in [0.05, 0.1) is 11.8 Å². The summed E-state index contributed by atoms with van der Waals surface area (Å²) in [7, 11) is 0. The minimum atomic E-state index is -0.216. The molecule has 1 aliphatic heterocycles. The third-order valence-electron chi connectivity index (χ3n) is 5.07. The fraction of sp³-hybridized carbons (Fsp3) is 0.381. The van der Waals surface area contributed by atoms with Crippen LogP contribution in [-0.4, -0.2) is 48.9 Å². The number of hydrogen-bond acceptors (Lipinski definition) is 5. The minimum Gasteiger partial charge on any atom is -0.392 e. The van der Waals surface area contributed by atoms with Crippen LogP contribution < -0.4 is 5.56 Å². The Hall–Kier alpha value is -2.77. The van der Waals surface area contributed by atoms with Gasteiger partial charge in [-0.2, -0.15) is 5.10 Å². The van der Waals surface area contributed by atoms with Crippen molar-refractivity contribution in [2.24, 2.45) is 0 Å². The Balaban J connectivity index is 1.45. The molecule has 0 aliphatic carbocycles. The van der Waals surface area contributed by atoms with Crippen molar-refractivity contribution in [1.29, 1.82) is 0 Å². The quantitative estimate of drug-likeness (QED) is 0.682. The first-order valence-corrected chi connectivity index (χ1v) is 9.73. The highest BCUT2D eigenvalue weighted by atomic mass is 16.3. The van der Waals surface area contributed by atoms with Gasteiger partial charge in [-0.1, -0.05) is 24.3 Å². The zero-order valence-electron chi connectivity index (χ0n) is 15.8. The number of likely N-dealkylation sites (tertiary alicyclic amines) is 1. The standard InChI is InChI=1S/C21H25N5O2/c27-19-3-1-10-25(15-19)14-16-4-6-17(7-5-16)21-23-18(13-20(28)24-21)8-12-26-11-2-9-22-26/h2,4-7,9,11,13,19,27H,1,3,8,10,12,14-15H2,(H,23,24,28). The third kappa shape index (κ3) is 4.74. The lowest BCUT2D eigenvalue weighted by Crippen LogP contribution is -2.37. The van der Waals surface area contributed by atoms with Gasteiger partial charge in [-0.25, -0.2) is 4.98 Å². The molecule has 0 spiro atoms. The normalized spacial score (nSPS) is 17.7. The zero-order valence-corrected chi connectivity index (χ0v) is 15.8. The highest BCUT2D eigenvalue weighted by molar-refractivity contribution is 5.55. The van der Waals surface area contributed by atoms with Gasteiger partial charge < -0.3 is 10.1 Å². The first-order chi connectivity index (χ1) is 13.7. The van der Waals surface area contributed by atoms with Crippen molar-refractivity contribution in [3.8, 4) is 11.4 Å². The van der Waals surface area contributed by atoms with Crippen molar-refractivity contribution in [2.45, 2.75) is 38.5 Å². The maximum absolute atomic E-state index is 12.1. The van der Waals surface area contributed by atoms with E-state index in [4.69, 9.17) is 0 Å². The number of nitrogens with zero attached hydrogens (tertiary/aromatic N) is 4. The smallest absolute Gasteiger partial charge is 0.251 e. The van der Waals surface area contributed by atoms with E-state index >= 15 is 0 Å². The molecule has 3 heterocycles. The number of hydrogen-bond donors (Lipinski definition) is 2. The molecule has 1 aromatic carbocycles. The number of aliphatic hydroxyl groups is 1. The highest BCUT2D eigenvalue weighted by Gasteiger charge is 2.17. The predicted octanol–water partition coefficient (Wildman–Crippen LogP) is 1.83. The number of β-amino-alcohol motifs (C(OH)–C–C–N with tert-alkyl or cyclic N) is 1. The highest BCUT2D eigenvalue weighted by Crippen LogP contribution is 2.18. The molecule has 1 aliphatic rings. The number of aryl methyl sites for hydroxylation is 2. The fourth-order valence-corrected chi connectivity index (χ4v) is 3.64. The molecule has 1 fully saturated rings. The van der Waals surface area contributed by atoms with Gasteiger partial charge in [-0.05, 0) is 31.0 Å². The average Bonchev–Trinajstić information content (AvgIpc) is 3.20. The number of nitrogens with one attached hydrogen (secondary N) is 1. The van der Waals surface area contributed by atoms with Gasteiger partial charge in [0.15, 0.2) is 0 Å². The van der Waals surface area contributed by atoms with E-state index in [1.165, 1.54) is 5.56 Å². The largest absolute Gasteiger partial charge is 0.392 e. The van der Waals surface area contributed by atoms with Crippen molar-refractivity contribution in [2.75, 3.05) is 13.1 Å². The van der Waals surface area contributed by atoms with Crippen LogP contribution >= 0.6 is 0 Å². The van der Waals surface area contributed by atoms with Crippen LogP contribution in [0.3, 0.4) is 0 Å². The lowest BCUT2D eigenvalue weighted by atomic mass is 10.1. The summed E-state index contributed by atoms with van der Waals surface area (Å²) in [6.07, 6.45) is 6.00. The van der Waals surface area contributed by atoms with Crippen LogP contribution in [0, 0.1) is 0 Å². The zero-order chi connectivity index (χ0) is 19.3. The molecule has 0 saturated carbocycles. The molecule has 3 aromatic rings. The Bertz CT molecular complexity index is 950. The Kier molecular flexibility index (Phi) is 5.64. The molecular weight excluding hydrogens is 354 g/mol. The van der Waals surface area contributed by atoms with Crippen molar-refractivity contribution in [3.05, 3.63) is 70.4 Å². The van der Waals surface area contributed by atoms with Gasteiger partial charge in [-0.15, -0.1) is 0 Å². The van der Waals surface area contributed by atoms with E-state index in [1.54, 1.807) is 12.3 Å². The molecule has 1 atom stereocenters. The van der Waals surface area contributed by atoms with E-state index < -0.39 is 0 Å². The molecule has 2 N–H and O–H groups in total. The maximum Gasteiger partial charge on any atom is 0.251 e. The summed E-state index contributed by atoms with van der Waals surface area (Å²) in [6, 6.07) is 11.5. The molecule has 146 valence electrons. The van der Waals surface area contributed by atoms with Crippen LogP contribution in [0.25, 0.3) is 11.4 Å². The molecule has 1 unspecified atom stereocenters. The van der Waals surface area contributed by atoms with Crippen molar-refractivity contribution in [3.63, 3.8) is 0 Å². The molecular formula is C21H25N5O2. The predicted molar refractivity (Wildman–Crippen MR) is 107 cm³/mol. The van der Waals surface area contributed by atoms with E-state index in [1.807, 2.05) is 29.1 Å². The molecule has 7 nitrogen and oxygen atoms in total. The van der Waals surface area contributed by atoms with Crippen LogP contribution in [-0.2, 0) is 19.5 Å². The summed E-state index contributed by atoms with van der Waals surface area (Å²) < 4.78 is 1.83. The van der Waals surface area contributed by atoms with Gasteiger partial charge in [0.2, 0.25) is 0 Å². The Morgan fingerprint density at radius 1 is 1.25 bits per heavy atom. The first kappa shape index (κ1) is 18.6. The molecule has 7 heteroatoms. The van der Waals surface area contributed by atoms with E-state index in [0.29, 0.717) is 18.8 Å². The lowest BCUT2D eigenvalue weighted by molar-refractivity contribution is 0.0668. The fourth-order valence-electron chi connectivity index (χ4n) is 3.64. The van der Waals surface area contributed by atoms with Crippen LogP contribution in [0.15, 0.2) is 53.6 Å². The summed E-state index contributed by atoms with van der Waals surface area (Å²) in [5.41, 5.74) is 2.68. The number of benzene rings is 1. The van der Waals surface area contributed by atoms with E-state index in [9.17, 15) is 9.90 Å². The van der Waals surface area contributed by atoms with Crippen molar-refractivity contribution < 1.29 is 5.11 Å². The molecule has 1 saturated heterocycles. The summed E-state index contributed by atoms with van der Waals surface area (Å²) in [6.45, 7) is 3.26. The summed E-state index contributed by atoms with van der Waals surface area (Å²) in [5, 5.41) is 14.0. The van der Waals surface area contributed by atoms with E-state index in [2.05, 4.69) is 32.1 Å². The number of piperidine rings is 1. The molecule has 4 rings (SSSR count). The number of H-pyrrole nitrogens is 1. The SMILES string of the molecule is O=c1cc(CCn2cccn2)nc(-c2ccc(CN3CCCC(O)C3)cc2)[nH]1. The van der Waals surface area contributed by atoms with Crippen molar-refractivity contribution >= 4 is 0 Å². The second-order valence-corrected chi connectivity index (χ2v) is 7.33. The van der Waals surface area contributed by atoms with Crippen LogP contribution in [0.2, 0.25) is 0 Å². The van der Waals surface area contributed by atoms with E-state index in [-0.39, 0.29) is 11.7 Å². The minimum absolute atomic E-state index is 0.146. The first-order valence-electron chi connectivity index (χ1n) is 9.73. The summed E-state index contributed by atoms with van der Waals surface area (Å²) in [4.78, 5) is 21.8. The lowest BCUT2D eigenvalue weighted by Gasteiger charge is -2.29. The van der Waals surface area contributed by atoms with Gasteiger partial charge in [0.25, 0.3) is 5.56 Å². The molecule has 28 heavy (non-hydrogen) atoms. The Morgan fingerprint density at radius 3 is 2.86 bits per heavy atom. The number of aromatic nitrogens is 4. The van der Waals surface area contributed by atoms with Crippen molar-refractivity contribution in [1.82, 2.24) is 24.6 Å². The summed E-state index contributed by atoms with van der Waals surface area (Å²) in [5.74, 6) is 0.586. The number of rotatable bonds is 6. The molecule has 0 amide bonds. The van der Waals surface area contributed by atoms with Gasteiger partial charge in [0.1, 0.15) is 5.82 Å². The van der Waals surface area contributed by atoms with Crippen LogP contribution in [0.4, 0.5) is 0 Å². The third-order valence-corrected chi connectivity index (χ3v) is 5.07. The maximum atomic E-state index is 12.1. The molecule has 2 aromatic heterocycles. The second-order valence-electron chi connectivity index (χ2n) is 7.33. The second kappa shape index (κ2) is 8.50. The topological polar surface area (TPSA) is 87.0 Å². The Labute approximate surface area is 163 Å². The van der Waals surface area contributed by atoms with Gasteiger partial charge in [0, 0.05) is 50.1 Å². The van der Waals surface area contributed by atoms with Gasteiger partial charge in [-0.3, -0.25) is 14.4 Å². The average molecular weight is 379 g/mol. The number of aromatic amines is 1. The summed E-state index contributed by atoms with van der Waals surface area (Å²) >= 11 is 0. The van der Waals surface area contributed by atoms with Crippen LogP contribution in [0.5, 0.6) is 0 Å². The monoisotopic (exact) mass is 379 g/mol. The van der Waals surface area contributed by atoms with Crippen LogP contribution in [0.1, 0.15) is 24.1 Å². The molecule has 0 radical (unpaired) electrons. The Morgan fingerprint density at radius 2 is 2.11 bits per heavy atom. The van der Waals surface area contributed by atoms with Gasteiger partial charge >= 0.3 is 0 Å². The van der Waals surface area contributed by atoms with E-state index in [0.717, 1.165) is 43.7 Å². The molecule has 0 bridgehead atoms. The number of aliphatic hydroxyl groups excluding tert-OH is 1.